The Morgan fingerprint density at radius 1 is 1.62 bits per heavy atom. The predicted octanol–water partition coefficient (Wildman–Crippen LogP) is 0.802. The molecule has 0 amide bonds. The summed E-state index contributed by atoms with van der Waals surface area (Å²) in [6.07, 6.45) is 2.76. The van der Waals surface area contributed by atoms with Crippen LogP contribution >= 0.6 is 0 Å². The topological polar surface area (TPSA) is 76.2 Å². The van der Waals surface area contributed by atoms with Crippen molar-refractivity contribution in [1.82, 2.24) is 10.2 Å². The fourth-order valence-electron chi connectivity index (χ4n) is 1.13. The molecule has 5 heteroatoms. The Morgan fingerprint density at radius 2 is 2.46 bits per heavy atom. The van der Waals surface area contributed by atoms with Crippen molar-refractivity contribution >= 4 is 5.97 Å². The Balaban J connectivity index is 2.46. The Labute approximate surface area is 73.4 Å². The van der Waals surface area contributed by atoms with Crippen LogP contribution < -0.4 is 0 Å². The second-order valence-corrected chi connectivity index (χ2v) is 2.56. The molecule has 5 nitrogen and oxygen atoms in total. The van der Waals surface area contributed by atoms with Gasteiger partial charge in [-0.15, -0.1) is 0 Å². The number of hydrogen-bond acceptors (Lipinski definition) is 4. The molecule has 0 saturated carbocycles. The SMILES string of the molecule is O=C(O)Cc1occc2nncc1-2. The van der Waals surface area contributed by atoms with E-state index in [-0.39, 0.29) is 6.42 Å². The lowest BCUT2D eigenvalue weighted by Crippen LogP contribution is -2.01. The molecule has 1 N–H and O–H groups in total. The smallest absolute Gasteiger partial charge is 0.311 e. The summed E-state index contributed by atoms with van der Waals surface area (Å²) in [5, 5.41) is 16.0. The first-order valence-electron chi connectivity index (χ1n) is 3.67. The zero-order chi connectivity index (χ0) is 9.26. The molecular formula is C8H6N2O3. The highest BCUT2D eigenvalue weighted by Gasteiger charge is 2.14. The maximum Gasteiger partial charge on any atom is 0.311 e. The average molecular weight is 178 g/mol. The predicted molar refractivity (Wildman–Crippen MR) is 42.3 cm³/mol. The second kappa shape index (κ2) is 2.85. The van der Waals surface area contributed by atoms with Crippen LogP contribution in [0.2, 0.25) is 0 Å². The van der Waals surface area contributed by atoms with Gasteiger partial charge >= 0.3 is 5.97 Å². The van der Waals surface area contributed by atoms with E-state index in [1.165, 1.54) is 12.5 Å². The lowest BCUT2D eigenvalue weighted by molar-refractivity contribution is -0.136. The molecule has 0 unspecified atom stereocenters. The molecule has 13 heavy (non-hydrogen) atoms. The fraction of sp³-hybridized carbons (Fsp3) is 0.125. The van der Waals surface area contributed by atoms with Crippen LogP contribution in [0.4, 0.5) is 0 Å². The van der Waals surface area contributed by atoms with Crippen LogP contribution in [0.15, 0.2) is 22.9 Å². The third kappa shape index (κ3) is 1.35. The molecule has 0 bridgehead atoms. The molecule has 0 aromatic rings. The monoisotopic (exact) mass is 178 g/mol. The van der Waals surface area contributed by atoms with E-state index in [1.807, 2.05) is 0 Å². The molecule has 0 aliphatic carbocycles. The molecule has 2 aliphatic heterocycles. The highest BCUT2D eigenvalue weighted by molar-refractivity contribution is 5.73. The maximum atomic E-state index is 10.4. The van der Waals surface area contributed by atoms with Crippen LogP contribution in [0.3, 0.4) is 0 Å². The van der Waals surface area contributed by atoms with E-state index in [1.54, 1.807) is 6.07 Å². The van der Waals surface area contributed by atoms with E-state index in [4.69, 9.17) is 9.52 Å². The van der Waals surface area contributed by atoms with Gasteiger partial charge in [0.2, 0.25) is 0 Å². The lowest BCUT2D eigenvalue weighted by atomic mass is 10.1. The molecule has 0 fully saturated rings. The van der Waals surface area contributed by atoms with Gasteiger partial charge in [-0.3, -0.25) is 4.79 Å². The number of aliphatic carboxylic acids is 1. The minimum absolute atomic E-state index is 0.148. The second-order valence-electron chi connectivity index (χ2n) is 2.56. The van der Waals surface area contributed by atoms with E-state index in [9.17, 15) is 4.79 Å². The lowest BCUT2D eigenvalue weighted by Gasteiger charge is -2.00. The molecule has 0 saturated heterocycles. The average Bonchev–Trinajstić information content (AvgIpc) is 2.51. The zero-order valence-corrected chi connectivity index (χ0v) is 6.60. The third-order valence-electron chi connectivity index (χ3n) is 1.68. The van der Waals surface area contributed by atoms with Gasteiger partial charge in [-0.1, -0.05) is 0 Å². The van der Waals surface area contributed by atoms with Crippen molar-refractivity contribution in [2.45, 2.75) is 6.42 Å². The first-order chi connectivity index (χ1) is 6.27. The standard InChI is InChI=1S/C8H6N2O3/c11-8(12)3-7-5-4-9-10-6(5)1-2-13-7/h1-2,4H,3H2,(H,11,12). The normalized spacial score (nSPS) is 10.5. The number of hydrogen-bond donors (Lipinski definition) is 1. The molecule has 2 heterocycles. The number of carbonyl (C=O) groups is 1. The van der Waals surface area contributed by atoms with Crippen LogP contribution in [-0.2, 0) is 11.2 Å². The molecule has 0 atom stereocenters. The highest BCUT2D eigenvalue weighted by atomic mass is 16.4. The summed E-state index contributed by atoms with van der Waals surface area (Å²) in [4.78, 5) is 10.4. The van der Waals surface area contributed by atoms with Gasteiger partial charge in [-0.05, 0) is 0 Å². The van der Waals surface area contributed by atoms with E-state index < -0.39 is 5.97 Å². The minimum Gasteiger partial charge on any atom is -0.481 e. The summed E-state index contributed by atoms with van der Waals surface area (Å²) in [7, 11) is 0. The molecule has 0 aromatic carbocycles. The Bertz CT molecular complexity index is 410. The first-order valence-corrected chi connectivity index (χ1v) is 3.67. The largest absolute Gasteiger partial charge is 0.481 e. The number of carboxylic acid groups (broad SMARTS) is 1. The number of rotatable bonds is 2. The van der Waals surface area contributed by atoms with Crippen molar-refractivity contribution in [1.29, 1.82) is 0 Å². The third-order valence-corrected chi connectivity index (χ3v) is 1.68. The van der Waals surface area contributed by atoms with Gasteiger partial charge in [0, 0.05) is 6.07 Å². The van der Waals surface area contributed by atoms with E-state index in [0.29, 0.717) is 17.0 Å². The number of aromatic nitrogens is 2. The Kier molecular flexibility index (Phi) is 1.70. The summed E-state index contributed by atoms with van der Waals surface area (Å²) < 4.78 is 5.05. The van der Waals surface area contributed by atoms with Crippen LogP contribution in [0.1, 0.15) is 5.76 Å². The van der Waals surface area contributed by atoms with Crippen molar-refractivity contribution in [2.24, 2.45) is 0 Å². The summed E-state index contributed by atoms with van der Waals surface area (Å²) in [5.41, 5.74) is 1.31. The summed E-state index contributed by atoms with van der Waals surface area (Å²) >= 11 is 0. The Morgan fingerprint density at radius 3 is 3.23 bits per heavy atom. The molecule has 0 radical (unpaired) electrons. The molecule has 2 rings (SSSR count). The van der Waals surface area contributed by atoms with Gasteiger partial charge in [0.1, 0.15) is 17.9 Å². The number of carboxylic acids is 1. The summed E-state index contributed by atoms with van der Waals surface area (Å²) in [6, 6.07) is 1.65. The molecule has 0 spiro atoms. The minimum atomic E-state index is -0.933. The van der Waals surface area contributed by atoms with Crippen LogP contribution in [-0.4, -0.2) is 21.3 Å². The summed E-state index contributed by atoms with van der Waals surface area (Å²) in [5.74, 6) is -0.549. The Hall–Kier alpha value is -1.91. The van der Waals surface area contributed by atoms with Crippen LogP contribution in [0.25, 0.3) is 11.3 Å². The zero-order valence-electron chi connectivity index (χ0n) is 6.60. The number of fused-ring (bicyclic) bond motifs is 1. The van der Waals surface area contributed by atoms with E-state index in [0.717, 1.165) is 0 Å². The fourth-order valence-corrected chi connectivity index (χ4v) is 1.13. The first kappa shape index (κ1) is 7.72. The van der Waals surface area contributed by atoms with Gasteiger partial charge in [0.25, 0.3) is 0 Å². The van der Waals surface area contributed by atoms with Crippen molar-refractivity contribution < 1.29 is 14.3 Å². The van der Waals surface area contributed by atoms with Crippen LogP contribution in [0, 0.1) is 0 Å². The van der Waals surface area contributed by atoms with Crippen molar-refractivity contribution in [3.05, 3.63) is 24.3 Å². The van der Waals surface area contributed by atoms with Crippen molar-refractivity contribution in [3.63, 3.8) is 0 Å². The van der Waals surface area contributed by atoms with Gasteiger partial charge < -0.3 is 9.52 Å². The van der Waals surface area contributed by atoms with Gasteiger partial charge in [0.05, 0.1) is 18.0 Å². The van der Waals surface area contributed by atoms with E-state index >= 15 is 0 Å². The molecular weight excluding hydrogens is 172 g/mol. The van der Waals surface area contributed by atoms with E-state index in [2.05, 4.69) is 10.2 Å². The molecule has 66 valence electrons. The van der Waals surface area contributed by atoms with Crippen molar-refractivity contribution in [2.75, 3.05) is 0 Å². The number of nitrogens with zero attached hydrogens (tertiary/aromatic N) is 2. The quantitative estimate of drug-likeness (QED) is 0.736. The van der Waals surface area contributed by atoms with Crippen molar-refractivity contribution in [3.8, 4) is 11.3 Å². The molecule has 0 aromatic heterocycles. The van der Waals surface area contributed by atoms with Crippen LogP contribution in [0.5, 0.6) is 0 Å². The highest BCUT2D eigenvalue weighted by Crippen LogP contribution is 2.22. The summed E-state index contributed by atoms with van der Waals surface area (Å²) in [6.45, 7) is 0. The van der Waals surface area contributed by atoms with Gasteiger partial charge in [-0.25, -0.2) is 0 Å². The van der Waals surface area contributed by atoms with Gasteiger partial charge in [0.15, 0.2) is 0 Å². The van der Waals surface area contributed by atoms with Gasteiger partial charge in [-0.2, -0.15) is 10.2 Å². The molecule has 2 aliphatic rings. The maximum absolute atomic E-state index is 10.4.